The Labute approximate surface area is 65.3 Å². The van der Waals surface area contributed by atoms with Crippen molar-refractivity contribution in [2.24, 2.45) is 5.73 Å². The Balaban J connectivity index is 2.86. The summed E-state index contributed by atoms with van der Waals surface area (Å²) in [7, 11) is 0. The fourth-order valence-corrected chi connectivity index (χ4v) is 0.805. The van der Waals surface area contributed by atoms with Crippen LogP contribution in [-0.4, -0.2) is 6.54 Å². The molecule has 0 radical (unpaired) electrons. The first-order valence-electron chi connectivity index (χ1n) is 3.45. The molecular weight excluding hydrogens is 141 g/mol. The average Bonchev–Trinajstić information content (AvgIpc) is 2.03. The Bertz CT molecular complexity index is 255. The molecule has 11 heavy (non-hydrogen) atoms. The van der Waals surface area contributed by atoms with Gasteiger partial charge >= 0.3 is 0 Å². The number of rotatable bonds is 2. The van der Waals surface area contributed by atoms with Crippen molar-refractivity contribution in [3.05, 3.63) is 41.7 Å². The predicted octanol–water partition coefficient (Wildman–Crippen LogP) is 1.80. The van der Waals surface area contributed by atoms with Crippen molar-refractivity contribution in [1.82, 2.24) is 0 Å². The highest BCUT2D eigenvalue weighted by Crippen LogP contribution is 2.07. The van der Waals surface area contributed by atoms with Gasteiger partial charge in [0.2, 0.25) is 0 Å². The monoisotopic (exact) mass is 151 g/mol. The minimum Gasteiger partial charge on any atom is -0.327 e. The maximum atomic E-state index is 12.8. The minimum absolute atomic E-state index is 0.211. The van der Waals surface area contributed by atoms with Gasteiger partial charge in [-0.1, -0.05) is 30.4 Å². The Kier molecular flexibility index (Phi) is 2.81. The van der Waals surface area contributed by atoms with Gasteiger partial charge in [0.05, 0.1) is 0 Å². The van der Waals surface area contributed by atoms with Crippen LogP contribution in [0.15, 0.2) is 30.3 Å². The van der Waals surface area contributed by atoms with E-state index in [1.807, 2.05) is 0 Å². The second kappa shape index (κ2) is 3.88. The SMILES string of the molecule is NCC=Cc1ccccc1F. The molecule has 0 aromatic heterocycles. The van der Waals surface area contributed by atoms with Gasteiger partial charge in [0.15, 0.2) is 0 Å². The van der Waals surface area contributed by atoms with E-state index in [0.717, 1.165) is 0 Å². The van der Waals surface area contributed by atoms with E-state index in [1.165, 1.54) is 6.07 Å². The molecule has 58 valence electrons. The van der Waals surface area contributed by atoms with E-state index in [0.29, 0.717) is 12.1 Å². The normalized spacial score (nSPS) is 10.7. The fraction of sp³-hybridized carbons (Fsp3) is 0.111. The van der Waals surface area contributed by atoms with Crippen molar-refractivity contribution >= 4 is 6.08 Å². The molecule has 2 N–H and O–H groups in total. The Morgan fingerprint density at radius 2 is 2.09 bits per heavy atom. The number of hydrogen-bond acceptors (Lipinski definition) is 1. The van der Waals surface area contributed by atoms with Crippen LogP contribution in [0.3, 0.4) is 0 Å². The molecule has 0 aliphatic carbocycles. The third kappa shape index (κ3) is 2.16. The summed E-state index contributed by atoms with van der Waals surface area (Å²) in [5.74, 6) is -0.211. The third-order valence-electron chi connectivity index (χ3n) is 1.34. The van der Waals surface area contributed by atoms with E-state index < -0.39 is 0 Å². The van der Waals surface area contributed by atoms with Crippen molar-refractivity contribution in [2.45, 2.75) is 0 Å². The van der Waals surface area contributed by atoms with Crippen LogP contribution in [0.2, 0.25) is 0 Å². The highest BCUT2D eigenvalue weighted by molar-refractivity contribution is 5.49. The summed E-state index contributed by atoms with van der Waals surface area (Å²) in [6.07, 6.45) is 3.40. The van der Waals surface area contributed by atoms with Crippen molar-refractivity contribution in [2.75, 3.05) is 6.54 Å². The molecule has 0 unspecified atom stereocenters. The molecule has 0 saturated heterocycles. The van der Waals surface area contributed by atoms with Gasteiger partial charge in [-0.3, -0.25) is 0 Å². The van der Waals surface area contributed by atoms with Gasteiger partial charge in [0, 0.05) is 12.1 Å². The maximum absolute atomic E-state index is 12.8. The first kappa shape index (κ1) is 7.95. The van der Waals surface area contributed by atoms with E-state index in [4.69, 9.17) is 5.73 Å². The molecule has 0 spiro atoms. The lowest BCUT2D eigenvalue weighted by molar-refractivity contribution is 0.625. The Hall–Kier alpha value is -1.15. The first-order valence-corrected chi connectivity index (χ1v) is 3.45. The van der Waals surface area contributed by atoms with E-state index in [-0.39, 0.29) is 5.82 Å². The zero-order chi connectivity index (χ0) is 8.10. The second-order valence-electron chi connectivity index (χ2n) is 2.16. The quantitative estimate of drug-likeness (QED) is 0.685. The molecule has 2 heteroatoms. The van der Waals surface area contributed by atoms with Gasteiger partial charge in [-0.25, -0.2) is 4.39 Å². The smallest absolute Gasteiger partial charge is 0.130 e. The second-order valence-corrected chi connectivity index (χ2v) is 2.16. The molecule has 0 heterocycles. The maximum Gasteiger partial charge on any atom is 0.130 e. The lowest BCUT2D eigenvalue weighted by atomic mass is 10.2. The summed E-state index contributed by atoms with van der Waals surface area (Å²) < 4.78 is 12.8. The molecule has 1 rings (SSSR count). The summed E-state index contributed by atoms with van der Waals surface area (Å²) in [6, 6.07) is 6.59. The topological polar surface area (TPSA) is 26.0 Å². The number of benzene rings is 1. The van der Waals surface area contributed by atoms with Crippen LogP contribution in [0.1, 0.15) is 5.56 Å². The van der Waals surface area contributed by atoms with Gasteiger partial charge in [0.1, 0.15) is 5.82 Å². The van der Waals surface area contributed by atoms with Gasteiger partial charge < -0.3 is 5.73 Å². The third-order valence-corrected chi connectivity index (χ3v) is 1.34. The van der Waals surface area contributed by atoms with E-state index in [1.54, 1.807) is 30.4 Å². The molecule has 1 aromatic carbocycles. The molecule has 1 nitrogen and oxygen atoms in total. The van der Waals surface area contributed by atoms with E-state index in [2.05, 4.69) is 0 Å². The zero-order valence-corrected chi connectivity index (χ0v) is 6.13. The fourth-order valence-electron chi connectivity index (χ4n) is 0.805. The standard InChI is InChI=1S/C9H10FN/c10-9-6-2-1-4-8(9)5-3-7-11/h1-6H,7,11H2. The van der Waals surface area contributed by atoms with Gasteiger partial charge in [-0.2, -0.15) is 0 Å². The van der Waals surface area contributed by atoms with Crippen molar-refractivity contribution in [1.29, 1.82) is 0 Å². The van der Waals surface area contributed by atoms with Crippen LogP contribution in [0.5, 0.6) is 0 Å². The van der Waals surface area contributed by atoms with Crippen LogP contribution < -0.4 is 5.73 Å². The molecule has 0 atom stereocenters. The first-order chi connectivity index (χ1) is 5.34. The van der Waals surface area contributed by atoms with Crippen molar-refractivity contribution in [3.63, 3.8) is 0 Å². The van der Waals surface area contributed by atoms with Gasteiger partial charge in [-0.15, -0.1) is 0 Å². The van der Waals surface area contributed by atoms with Crippen molar-refractivity contribution in [3.8, 4) is 0 Å². The summed E-state index contributed by atoms with van der Waals surface area (Å²) in [5.41, 5.74) is 5.80. The molecule has 0 amide bonds. The minimum atomic E-state index is -0.211. The average molecular weight is 151 g/mol. The Morgan fingerprint density at radius 1 is 1.36 bits per heavy atom. The van der Waals surface area contributed by atoms with E-state index in [9.17, 15) is 4.39 Å². The summed E-state index contributed by atoms with van der Waals surface area (Å²) in [6.45, 7) is 0.439. The van der Waals surface area contributed by atoms with Crippen LogP contribution in [-0.2, 0) is 0 Å². The highest BCUT2D eigenvalue weighted by Gasteiger charge is 1.92. The van der Waals surface area contributed by atoms with Crippen molar-refractivity contribution < 1.29 is 4.39 Å². The summed E-state index contributed by atoms with van der Waals surface area (Å²) >= 11 is 0. The molecule has 0 bridgehead atoms. The zero-order valence-electron chi connectivity index (χ0n) is 6.13. The predicted molar refractivity (Wildman–Crippen MR) is 44.5 cm³/mol. The van der Waals surface area contributed by atoms with E-state index >= 15 is 0 Å². The van der Waals surface area contributed by atoms with Crippen LogP contribution in [0, 0.1) is 5.82 Å². The lowest BCUT2D eigenvalue weighted by Crippen LogP contribution is -1.92. The lowest BCUT2D eigenvalue weighted by Gasteiger charge is -1.93. The largest absolute Gasteiger partial charge is 0.327 e. The molecule has 0 saturated carbocycles. The molecule has 1 aromatic rings. The summed E-state index contributed by atoms with van der Waals surface area (Å²) in [5, 5.41) is 0. The number of halogens is 1. The van der Waals surface area contributed by atoms with Gasteiger partial charge in [0.25, 0.3) is 0 Å². The molecule has 0 fully saturated rings. The summed E-state index contributed by atoms with van der Waals surface area (Å²) in [4.78, 5) is 0. The van der Waals surface area contributed by atoms with Crippen LogP contribution >= 0.6 is 0 Å². The van der Waals surface area contributed by atoms with Crippen LogP contribution in [0.4, 0.5) is 4.39 Å². The molecule has 0 aliphatic rings. The highest BCUT2D eigenvalue weighted by atomic mass is 19.1. The number of hydrogen-bond donors (Lipinski definition) is 1. The molecule has 0 aliphatic heterocycles. The van der Waals surface area contributed by atoms with Crippen LogP contribution in [0.25, 0.3) is 6.08 Å². The van der Waals surface area contributed by atoms with Gasteiger partial charge in [-0.05, 0) is 6.07 Å². The Morgan fingerprint density at radius 3 is 2.73 bits per heavy atom. The number of nitrogens with two attached hydrogens (primary N) is 1. The molecular formula is C9H10FN.